The van der Waals surface area contributed by atoms with E-state index in [0.29, 0.717) is 18.0 Å². The highest BCUT2D eigenvalue weighted by Crippen LogP contribution is 2.24. The SMILES string of the molecule is [CH2]CCCCCCCC(CCCCN(C(C)C)C(C)C)CC(O)CCCCC[CH2]. The summed E-state index contributed by atoms with van der Waals surface area (Å²) in [5.41, 5.74) is 0. The molecule has 2 heteroatoms. The summed E-state index contributed by atoms with van der Waals surface area (Å²) in [4.78, 5) is 2.61. The van der Waals surface area contributed by atoms with E-state index in [2.05, 4.69) is 46.4 Å². The third kappa shape index (κ3) is 17.3. The number of hydrogen-bond acceptors (Lipinski definition) is 2. The predicted octanol–water partition coefficient (Wildman–Crippen LogP) is 7.99. The molecule has 0 spiro atoms. The molecule has 0 saturated heterocycles. The first kappa shape index (κ1) is 28.9. The lowest BCUT2D eigenvalue weighted by Gasteiger charge is -2.30. The van der Waals surface area contributed by atoms with Crippen LogP contribution in [0.4, 0.5) is 0 Å². The quantitative estimate of drug-likeness (QED) is 0.194. The zero-order valence-corrected chi connectivity index (χ0v) is 20.6. The molecule has 0 fully saturated rings. The summed E-state index contributed by atoms with van der Waals surface area (Å²) in [5, 5.41) is 10.6. The van der Waals surface area contributed by atoms with Crippen LogP contribution in [-0.2, 0) is 0 Å². The van der Waals surface area contributed by atoms with Gasteiger partial charge in [0, 0.05) is 12.1 Å². The maximum Gasteiger partial charge on any atom is 0.0542 e. The average Bonchev–Trinajstić information content (AvgIpc) is 2.66. The van der Waals surface area contributed by atoms with E-state index in [9.17, 15) is 5.11 Å². The molecule has 29 heavy (non-hydrogen) atoms. The van der Waals surface area contributed by atoms with Crippen molar-refractivity contribution in [3.8, 4) is 0 Å². The maximum absolute atomic E-state index is 10.6. The zero-order valence-electron chi connectivity index (χ0n) is 20.6. The summed E-state index contributed by atoms with van der Waals surface area (Å²) in [6.07, 6.45) is 19.4. The van der Waals surface area contributed by atoms with Gasteiger partial charge in [0.05, 0.1) is 6.10 Å². The molecule has 0 heterocycles. The van der Waals surface area contributed by atoms with Crippen LogP contribution < -0.4 is 0 Å². The molecule has 0 aliphatic rings. The van der Waals surface area contributed by atoms with Crippen LogP contribution in [0.1, 0.15) is 130 Å². The normalized spacial score (nSPS) is 14.3. The molecular formula is C27H55NO. The van der Waals surface area contributed by atoms with Crippen molar-refractivity contribution in [2.45, 2.75) is 149 Å². The van der Waals surface area contributed by atoms with Gasteiger partial charge in [-0.15, -0.1) is 0 Å². The first-order chi connectivity index (χ1) is 13.9. The molecule has 0 aromatic heterocycles. The minimum atomic E-state index is -0.0983. The third-order valence-electron chi connectivity index (χ3n) is 6.36. The summed E-state index contributed by atoms with van der Waals surface area (Å²) < 4.78 is 0. The van der Waals surface area contributed by atoms with Gasteiger partial charge in [-0.05, 0) is 59.4 Å². The molecule has 0 amide bonds. The van der Waals surface area contributed by atoms with E-state index >= 15 is 0 Å². The minimum Gasteiger partial charge on any atom is -0.393 e. The van der Waals surface area contributed by atoms with E-state index in [1.54, 1.807) is 0 Å². The van der Waals surface area contributed by atoms with Gasteiger partial charge in [-0.3, -0.25) is 4.90 Å². The molecule has 0 bridgehead atoms. The molecule has 2 nitrogen and oxygen atoms in total. The van der Waals surface area contributed by atoms with Crippen LogP contribution >= 0.6 is 0 Å². The monoisotopic (exact) mass is 409 g/mol. The molecule has 0 saturated carbocycles. The Hall–Kier alpha value is -0.0800. The van der Waals surface area contributed by atoms with Crippen molar-refractivity contribution in [1.82, 2.24) is 4.90 Å². The first-order valence-electron chi connectivity index (χ1n) is 12.9. The zero-order chi connectivity index (χ0) is 21.9. The van der Waals surface area contributed by atoms with Gasteiger partial charge >= 0.3 is 0 Å². The summed E-state index contributed by atoms with van der Waals surface area (Å²) in [7, 11) is 0. The number of nitrogens with zero attached hydrogens (tertiary/aromatic N) is 1. The van der Waals surface area contributed by atoms with Gasteiger partial charge in [0.2, 0.25) is 0 Å². The van der Waals surface area contributed by atoms with E-state index in [4.69, 9.17) is 0 Å². The molecule has 1 N–H and O–H groups in total. The van der Waals surface area contributed by atoms with Crippen molar-refractivity contribution >= 4 is 0 Å². The molecule has 0 aliphatic carbocycles. The Kier molecular flexibility index (Phi) is 19.8. The van der Waals surface area contributed by atoms with Crippen molar-refractivity contribution < 1.29 is 5.11 Å². The van der Waals surface area contributed by atoms with Gasteiger partial charge in [0.15, 0.2) is 0 Å². The molecule has 0 aromatic carbocycles. The second-order valence-electron chi connectivity index (χ2n) is 9.79. The van der Waals surface area contributed by atoms with E-state index in [0.717, 1.165) is 32.1 Å². The van der Waals surface area contributed by atoms with Crippen molar-refractivity contribution in [1.29, 1.82) is 0 Å². The van der Waals surface area contributed by atoms with Gasteiger partial charge in [-0.1, -0.05) is 97.3 Å². The Morgan fingerprint density at radius 2 is 1.07 bits per heavy atom. The van der Waals surface area contributed by atoms with Crippen LogP contribution in [0.25, 0.3) is 0 Å². The number of aliphatic hydroxyl groups excluding tert-OH is 1. The number of unbranched alkanes of at least 4 members (excludes halogenated alkanes) is 9. The van der Waals surface area contributed by atoms with E-state index in [-0.39, 0.29) is 6.10 Å². The van der Waals surface area contributed by atoms with Crippen molar-refractivity contribution in [2.75, 3.05) is 6.54 Å². The smallest absolute Gasteiger partial charge is 0.0542 e. The Morgan fingerprint density at radius 3 is 1.62 bits per heavy atom. The van der Waals surface area contributed by atoms with Crippen LogP contribution in [0, 0.1) is 19.8 Å². The Balaban J connectivity index is 4.28. The Labute approximate surface area is 185 Å². The largest absolute Gasteiger partial charge is 0.393 e. The first-order valence-corrected chi connectivity index (χ1v) is 12.9. The maximum atomic E-state index is 10.6. The van der Waals surface area contributed by atoms with Crippen LogP contribution in [0.5, 0.6) is 0 Å². The molecule has 2 atom stereocenters. The molecular weight excluding hydrogens is 354 g/mol. The summed E-state index contributed by atoms with van der Waals surface area (Å²) in [6.45, 7) is 18.3. The third-order valence-corrected chi connectivity index (χ3v) is 6.36. The average molecular weight is 410 g/mol. The second-order valence-corrected chi connectivity index (χ2v) is 9.79. The van der Waals surface area contributed by atoms with Gasteiger partial charge in [0.25, 0.3) is 0 Å². The van der Waals surface area contributed by atoms with Crippen LogP contribution in [0.15, 0.2) is 0 Å². The fourth-order valence-corrected chi connectivity index (χ4v) is 4.60. The lowest BCUT2D eigenvalue weighted by Crippen LogP contribution is -2.37. The van der Waals surface area contributed by atoms with Crippen molar-refractivity contribution in [3.63, 3.8) is 0 Å². The van der Waals surface area contributed by atoms with Crippen LogP contribution in [0.3, 0.4) is 0 Å². The van der Waals surface area contributed by atoms with Gasteiger partial charge in [-0.25, -0.2) is 0 Å². The fraction of sp³-hybridized carbons (Fsp3) is 0.926. The van der Waals surface area contributed by atoms with E-state index < -0.39 is 0 Å². The molecule has 0 aliphatic heterocycles. The van der Waals surface area contributed by atoms with E-state index in [1.807, 2.05) is 0 Å². The lowest BCUT2D eigenvalue weighted by atomic mass is 9.88. The highest BCUT2D eigenvalue weighted by molar-refractivity contribution is 4.70. The summed E-state index contributed by atoms with van der Waals surface area (Å²) in [6, 6.07) is 1.26. The Morgan fingerprint density at radius 1 is 0.621 bits per heavy atom. The molecule has 0 aromatic rings. The highest BCUT2D eigenvalue weighted by Gasteiger charge is 2.16. The number of aliphatic hydroxyl groups is 1. The Bertz CT molecular complexity index is 320. The predicted molar refractivity (Wildman–Crippen MR) is 131 cm³/mol. The molecule has 174 valence electrons. The van der Waals surface area contributed by atoms with Crippen LogP contribution in [0.2, 0.25) is 0 Å². The fourth-order valence-electron chi connectivity index (χ4n) is 4.60. The van der Waals surface area contributed by atoms with Crippen molar-refractivity contribution in [3.05, 3.63) is 13.8 Å². The topological polar surface area (TPSA) is 23.5 Å². The minimum absolute atomic E-state index is 0.0983. The molecule has 0 rings (SSSR count). The van der Waals surface area contributed by atoms with Crippen LogP contribution in [-0.4, -0.2) is 34.7 Å². The number of rotatable bonds is 21. The van der Waals surface area contributed by atoms with Gasteiger partial charge < -0.3 is 5.11 Å². The van der Waals surface area contributed by atoms with Gasteiger partial charge in [0.1, 0.15) is 0 Å². The lowest BCUT2D eigenvalue weighted by molar-refractivity contribution is 0.122. The van der Waals surface area contributed by atoms with Crippen molar-refractivity contribution in [2.24, 2.45) is 5.92 Å². The summed E-state index contributed by atoms with van der Waals surface area (Å²) in [5.74, 6) is 0.706. The van der Waals surface area contributed by atoms with Gasteiger partial charge in [-0.2, -0.15) is 0 Å². The second kappa shape index (κ2) is 19.9. The number of hydrogen-bond donors (Lipinski definition) is 1. The standard InChI is InChI=1S/C27H55NO/c1-7-9-11-13-14-15-19-26(23-27(29)21-16-12-10-8-2)20-17-18-22-28(24(3)4)25(5)6/h24-27,29H,1-2,7-23H2,3-6H3. The van der Waals surface area contributed by atoms with E-state index in [1.165, 1.54) is 77.2 Å². The molecule has 2 unspecified atom stereocenters. The summed E-state index contributed by atoms with van der Waals surface area (Å²) >= 11 is 0. The highest BCUT2D eigenvalue weighted by atomic mass is 16.3. The molecule has 2 radical (unpaired) electrons.